The van der Waals surface area contributed by atoms with Crippen LogP contribution in [-0.2, 0) is 6.61 Å². The van der Waals surface area contributed by atoms with Gasteiger partial charge in [-0.05, 0) is 17.7 Å². The standard InChI is InChI=1S/C16H18O3/c17-11-6-12-18-15-9-4-5-10-16(15)19-13-14-7-2-1-3-8-14/h1-5,7-10,17H,6,11-13H2. The van der Waals surface area contributed by atoms with Crippen molar-refractivity contribution in [2.75, 3.05) is 13.2 Å². The third-order valence-electron chi connectivity index (χ3n) is 2.65. The Morgan fingerprint density at radius 3 is 2.11 bits per heavy atom. The maximum Gasteiger partial charge on any atom is 0.161 e. The minimum Gasteiger partial charge on any atom is -0.490 e. The summed E-state index contributed by atoms with van der Waals surface area (Å²) in [6, 6.07) is 17.6. The second-order valence-corrected chi connectivity index (χ2v) is 4.15. The fourth-order valence-corrected chi connectivity index (χ4v) is 1.67. The second kappa shape index (κ2) is 7.44. The molecular weight excluding hydrogens is 240 g/mol. The van der Waals surface area contributed by atoms with Crippen molar-refractivity contribution in [1.82, 2.24) is 0 Å². The zero-order chi connectivity index (χ0) is 13.3. The Kier molecular flexibility index (Phi) is 5.26. The van der Waals surface area contributed by atoms with Crippen LogP contribution >= 0.6 is 0 Å². The van der Waals surface area contributed by atoms with E-state index in [1.807, 2.05) is 54.6 Å². The summed E-state index contributed by atoms with van der Waals surface area (Å²) in [4.78, 5) is 0. The fraction of sp³-hybridized carbons (Fsp3) is 0.250. The van der Waals surface area contributed by atoms with E-state index < -0.39 is 0 Å². The van der Waals surface area contributed by atoms with Crippen LogP contribution in [0.15, 0.2) is 54.6 Å². The second-order valence-electron chi connectivity index (χ2n) is 4.15. The zero-order valence-corrected chi connectivity index (χ0v) is 10.8. The van der Waals surface area contributed by atoms with Crippen molar-refractivity contribution < 1.29 is 14.6 Å². The molecule has 0 fully saturated rings. The molecule has 0 heterocycles. The van der Waals surface area contributed by atoms with Crippen LogP contribution < -0.4 is 9.47 Å². The zero-order valence-electron chi connectivity index (χ0n) is 10.8. The number of aliphatic hydroxyl groups excluding tert-OH is 1. The lowest BCUT2D eigenvalue weighted by Crippen LogP contribution is -2.02. The fourth-order valence-electron chi connectivity index (χ4n) is 1.67. The highest BCUT2D eigenvalue weighted by Crippen LogP contribution is 2.27. The summed E-state index contributed by atoms with van der Waals surface area (Å²) >= 11 is 0. The molecule has 0 saturated heterocycles. The molecular formula is C16H18O3. The van der Waals surface area contributed by atoms with E-state index in [4.69, 9.17) is 14.6 Å². The van der Waals surface area contributed by atoms with Gasteiger partial charge in [-0.3, -0.25) is 0 Å². The maximum atomic E-state index is 8.75. The van der Waals surface area contributed by atoms with Crippen LogP contribution in [0.1, 0.15) is 12.0 Å². The SMILES string of the molecule is OCCCOc1ccccc1OCc1ccccc1. The van der Waals surface area contributed by atoms with Crippen LogP contribution in [0.4, 0.5) is 0 Å². The van der Waals surface area contributed by atoms with Gasteiger partial charge in [-0.25, -0.2) is 0 Å². The monoisotopic (exact) mass is 258 g/mol. The first kappa shape index (κ1) is 13.4. The molecule has 0 bridgehead atoms. The van der Waals surface area contributed by atoms with Crippen molar-refractivity contribution in [1.29, 1.82) is 0 Å². The average Bonchev–Trinajstić information content (AvgIpc) is 2.48. The lowest BCUT2D eigenvalue weighted by Gasteiger charge is -2.12. The van der Waals surface area contributed by atoms with Gasteiger partial charge in [-0.2, -0.15) is 0 Å². The molecule has 0 amide bonds. The summed E-state index contributed by atoms with van der Waals surface area (Å²) in [6.07, 6.45) is 0.618. The Hall–Kier alpha value is -2.00. The molecule has 1 N–H and O–H groups in total. The van der Waals surface area contributed by atoms with E-state index in [0.29, 0.717) is 25.4 Å². The van der Waals surface area contributed by atoms with Crippen molar-refractivity contribution in [2.24, 2.45) is 0 Å². The number of hydrogen-bond acceptors (Lipinski definition) is 3. The van der Waals surface area contributed by atoms with Crippen LogP contribution in [0, 0.1) is 0 Å². The third kappa shape index (κ3) is 4.30. The Bertz CT molecular complexity index is 482. The first-order valence-electron chi connectivity index (χ1n) is 6.39. The Labute approximate surface area is 113 Å². The quantitative estimate of drug-likeness (QED) is 0.776. The van der Waals surface area contributed by atoms with Crippen LogP contribution in [0.5, 0.6) is 11.5 Å². The molecule has 100 valence electrons. The van der Waals surface area contributed by atoms with Crippen molar-refractivity contribution >= 4 is 0 Å². The van der Waals surface area contributed by atoms with Gasteiger partial charge in [0.25, 0.3) is 0 Å². The topological polar surface area (TPSA) is 38.7 Å². The molecule has 2 aromatic carbocycles. The molecule has 0 radical (unpaired) electrons. The first-order valence-corrected chi connectivity index (χ1v) is 6.39. The van der Waals surface area contributed by atoms with Gasteiger partial charge in [-0.1, -0.05) is 42.5 Å². The number of benzene rings is 2. The molecule has 3 nitrogen and oxygen atoms in total. The highest BCUT2D eigenvalue weighted by atomic mass is 16.5. The smallest absolute Gasteiger partial charge is 0.161 e. The van der Waals surface area contributed by atoms with E-state index in [2.05, 4.69) is 0 Å². The summed E-state index contributed by atoms with van der Waals surface area (Å²) < 4.78 is 11.3. The molecule has 0 unspecified atom stereocenters. The van der Waals surface area contributed by atoms with Crippen molar-refractivity contribution in [3.05, 3.63) is 60.2 Å². The van der Waals surface area contributed by atoms with Crippen molar-refractivity contribution in [2.45, 2.75) is 13.0 Å². The molecule has 0 atom stereocenters. The van der Waals surface area contributed by atoms with Crippen molar-refractivity contribution in [3.63, 3.8) is 0 Å². The van der Waals surface area contributed by atoms with Gasteiger partial charge in [0.1, 0.15) is 6.61 Å². The lowest BCUT2D eigenvalue weighted by molar-refractivity contribution is 0.221. The highest BCUT2D eigenvalue weighted by Gasteiger charge is 2.04. The number of hydrogen-bond donors (Lipinski definition) is 1. The Morgan fingerprint density at radius 2 is 1.42 bits per heavy atom. The molecule has 2 aromatic rings. The van der Waals surface area contributed by atoms with Crippen LogP contribution in [0.25, 0.3) is 0 Å². The summed E-state index contributed by atoms with van der Waals surface area (Å²) in [6.45, 7) is 1.14. The Morgan fingerprint density at radius 1 is 0.789 bits per heavy atom. The summed E-state index contributed by atoms with van der Waals surface area (Å²) in [5.74, 6) is 1.44. The molecule has 0 saturated carbocycles. The van der Waals surface area contributed by atoms with E-state index in [1.165, 1.54) is 0 Å². The Balaban J connectivity index is 1.95. The van der Waals surface area contributed by atoms with Gasteiger partial charge in [0.15, 0.2) is 11.5 Å². The molecule has 0 aliphatic rings. The van der Waals surface area contributed by atoms with Crippen LogP contribution in [-0.4, -0.2) is 18.3 Å². The number of rotatable bonds is 7. The normalized spacial score (nSPS) is 10.2. The van der Waals surface area contributed by atoms with E-state index >= 15 is 0 Å². The van der Waals surface area contributed by atoms with Crippen molar-refractivity contribution in [3.8, 4) is 11.5 Å². The molecule has 3 heteroatoms. The molecule has 19 heavy (non-hydrogen) atoms. The summed E-state index contributed by atoms with van der Waals surface area (Å²) in [7, 11) is 0. The van der Waals surface area contributed by atoms with E-state index in [-0.39, 0.29) is 6.61 Å². The molecule has 0 aliphatic heterocycles. The van der Waals surface area contributed by atoms with Gasteiger partial charge in [0.05, 0.1) is 6.61 Å². The molecule has 0 spiro atoms. The summed E-state index contributed by atoms with van der Waals surface area (Å²) in [5, 5.41) is 8.75. The summed E-state index contributed by atoms with van der Waals surface area (Å²) in [5.41, 5.74) is 1.12. The largest absolute Gasteiger partial charge is 0.490 e. The van der Waals surface area contributed by atoms with Gasteiger partial charge in [0, 0.05) is 13.0 Å². The van der Waals surface area contributed by atoms with E-state index in [9.17, 15) is 0 Å². The molecule has 0 aliphatic carbocycles. The molecule has 2 rings (SSSR count). The predicted molar refractivity (Wildman–Crippen MR) is 74.4 cm³/mol. The minimum absolute atomic E-state index is 0.132. The van der Waals surface area contributed by atoms with Gasteiger partial charge < -0.3 is 14.6 Å². The van der Waals surface area contributed by atoms with Gasteiger partial charge >= 0.3 is 0 Å². The number of para-hydroxylation sites is 2. The van der Waals surface area contributed by atoms with Gasteiger partial charge in [0.2, 0.25) is 0 Å². The average molecular weight is 258 g/mol. The lowest BCUT2D eigenvalue weighted by atomic mass is 10.2. The van der Waals surface area contributed by atoms with Crippen LogP contribution in [0.2, 0.25) is 0 Å². The predicted octanol–water partition coefficient (Wildman–Crippen LogP) is 3.03. The van der Waals surface area contributed by atoms with E-state index in [0.717, 1.165) is 11.3 Å². The third-order valence-corrected chi connectivity index (χ3v) is 2.65. The van der Waals surface area contributed by atoms with Crippen LogP contribution in [0.3, 0.4) is 0 Å². The van der Waals surface area contributed by atoms with E-state index in [1.54, 1.807) is 0 Å². The first-order chi connectivity index (χ1) is 9.40. The maximum absolute atomic E-state index is 8.75. The number of ether oxygens (including phenoxy) is 2. The molecule has 0 aromatic heterocycles. The number of aliphatic hydroxyl groups is 1. The minimum atomic E-state index is 0.132. The van der Waals surface area contributed by atoms with Gasteiger partial charge in [-0.15, -0.1) is 0 Å². The highest BCUT2D eigenvalue weighted by molar-refractivity contribution is 5.39.